The number of nitrogens with zero attached hydrogens (tertiary/aromatic N) is 1. The summed E-state index contributed by atoms with van der Waals surface area (Å²) in [7, 11) is 0. The summed E-state index contributed by atoms with van der Waals surface area (Å²) in [5.74, 6) is 0.583. The molecule has 0 saturated carbocycles. The quantitative estimate of drug-likeness (QED) is 0.393. The standard InChI is InChI=1S/C7H12BrNO/c1-6(2)3-7(4-8)9-5-10/h6-7H,3-4H2,1-2H3. The first-order chi connectivity index (χ1) is 4.70. The maximum atomic E-state index is 9.84. The van der Waals surface area contributed by atoms with Crippen molar-refractivity contribution in [2.24, 2.45) is 10.9 Å². The van der Waals surface area contributed by atoms with Gasteiger partial charge in [0.1, 0.15) is 0 Å². The van der Waals surface area contributed by atoms with Crippen LogP contribution in [-0.2, 0) is 4.79 Å². The molecule has 0 aromatic heterocycles. The van der Waals surface area contributed by atoms with E-state index >= 15 is 0 Å². The molecule has 0 aromatic rings. The highest BCUT2D eigenvalue weighted by molar-refractivity contribution is 9.09. The maximum absolute atomic E-state index is 9.84. The summed E-state index contributed by atoms with van der Waals surface area (Å²) in [5.41, 5.74) is 0. The molecular formula is C7H12BrNO. The Morgan fingerprint density at radius 3 is 2.50 bits per heavy atom. The molecule has 0 aliphatic heterocycles. The molecule has 0 fully saturated rings. The number of hydrogen-bond donors (Lipinski definition) is 0. The molecule has 0 aromatic carbocycles. The van der Waals surface area contributed by atoms with Gasteiger partial charge in [0.25, 0.3) is 0 Å². The Morgan fingerprint density at radius 2 is 2.20 bits per heavy atom. The molecule has 0 aliphatic carbocycles. The molecule has 0 heterocycles. The average Bonchev–Trinajstić information content (AvgIpc) is 1.86. The highest BCUT2D eigenvalue weighted by Crippen LogP contribution is 2.09. The molecule has 10 heavy (non-hydrogen) atoms. The number of hydrogen-bond acceptors (Lipinski definition) is 2. The molecule has 58 valence electrons. The molecule has 1 unspecified atom stereocenters. The summed E-state index contributed by atoms with van der Waals surface area (Å²) < 4.78 is 0. The summed E-state index contributed by atoms with van der Waals surface area (Å²) in [6.45, 7) is 4.21. The van der Waals surface area contributed by atoms with Gasteiger partial charge in [0.2, 0.25) is 6.08 Å². The van der Waals surface area contributed by atoms with Crippen LogP contribution in [0.4, 0.5) is 0 Å². The summed E-state index contributed by atoms with van der Waals surface area (Å²) in [6, 6.07) is 0.109. The van der Waals surface area contributed by atoms with Crippen LogP contribution in [0.5, 0.6) is 0 Å². The lowest BCUT2D eigenvalue weighted by Crippen LogP contribution is -2.09. The van der Waals surface area contributed by atoms with Crippen LogP contribution in [0.2, 0.25) is 0 Å². The highest BCUT2D eigenvalue weighted by Gasteiger charge is 2.06. The second-order valence-corrected chi connectivity index (χ2v) is 3.31. The lowest BCUT2D eigenvalue weighted by Gasteiger charge is -2.08. The Morgan fingerprint density at radius 1 is 1.60 bits per heavy atom. The van der Waals surface area contributed by atoms with Crippen LogP contribution < -0.4 is 0 Å². The number of rotatable bonds is 4. The van der Waals surface area contributed by atoms with E-state index in [0.717, 1.165) is 11.8 Å². The maximum Gasteiger partial charge on any atom is 0.235 e. The van der Waals surface area contributed by atoms with Crippen molar-refractivity contribution in [2.75, 3.05) is 5.33 Å². The van der Waals surface area contributed by atoms with Gasteiger partial charge in [0.15, 0.2) is 0 Å². The second-order valence-electron chi connectivity index (χ2n) is 2.66. The minimum atomic E-state index is 0.109. The Bertz CT molecular complexity index is 130. The Balaban J connectivity index is 3.71. The SMILES string of the molecule is CC(C)CC(CBr)N=C=O. The van der Waals surface area contributed by atoms with E-state index in [1.165, 1.54) is 0 Å². The van der Waals surface area contributed by atoms with E-state index in [1.54, 1.807) is 6.08 Å². The van der Waals surface area contributed by atoms with Crippen molar-refractivity contribution >= 4 is 22.0 Å². The van der Waals surface area contributed by atoms with Crippen LogP contribution in [0.25, 0.3) is 0 Å². The van der Waals surface area contributed by atoms with E-state index in [1.807, 2.05) is 0 Å². The molecule has 0 N–H and O–H groups in total. The van der Waals surface area contributed by atoms with E-state index in [2.05, 4.69) is 34.8 Å². The molecule has 0 spiro atoms. The molecule has 3 heteroatoms. The van der Waals surface area contributed by atoms with E-state index in [4.69, 9.17) is 0 Å². The smallest absolute Gasteiger partial charge is 0.211 e. The molecule has 0 aliphatic rings. The van der Waals surface area contributed by atoms with Gasteiger partial charge in [-0.25, -0.2) is 9.79 Å². The van der Waals surface area contributed by atoms with E-state index in [0.29, 0.717) is 5.92 Å². The van der Waals surface area contributed by atoms with E-state index in [9.17, 15) is 4.79 Å². The lowest BCUT2D eigenvalue weighted by atomic mass is 10.1. The van der Waals surface area contributed by atoms with Gasteiger partial charge in [-0.05, 0) is 12.3 Å². The van der Waals surface area contributed by atoms with Crippen molar-refractivity contribution in [3.8, 4) is 0 Å². The molecule has 0 saturated heterocycles. The fourth-order valence-corrected chi connectivity index (χ4v) is 1.18. The monoisotopic (exact) mass is 205 g/mol. The van der Waals surface area contributed by atoms with E-state index in [-0.39, 0.29) is 6.04 Å². The van der Waals surface area contributed by atoms with Crippen LogP contribution in [0.15, 0.2) is 4.99 Å². The predicted molar refractivity (Wildman–Crippen MR) is 45.2 cm³/mol. The number of isocyanates is 1. The van der Waals surface area contributed by atoms with Crippen LogP contribution in [0.3, 0.4) is 0 Å². The van der Waals surface area contributed by atoms with Gasteiger partial charge in [-0.3, -0.25) is 0 Å². The second kappa shape index (κ2) is 5.63. The van der Waals surface area contributed by atoms with Crippen molar-refractivity contribution in [3.05, 3.63) is 0 Å². The van der Waals surface area contributed by atoms with E-state index < -0.39 is 0 Å². The average molecular weight is 206 g/mol. The number of alkyl halides is 1. The summed E-state index contributed by atoms with van der Waals surface area (Å²) in [5, 5.41) is 0.750. The van der Waals surface area contributed by atoms with Gasteiger partial charge in [-0.15, -0.1) is 0 Å². The van der Waals surface area contributed by atoms with Gasteiger partial charge < -0.3 is 0 Å². The van der Waals surface area contributed by atoms with Gasteiger partial charge in [0.05, 0.1) is 6.04 Å². The van der Waals surface area contributed by atoms with Gasteiger partial charge >= 0.3 is 0 Å². The summed E-state index contributed by atoms with van der Waals surface area (Å²) >= 11 is 3.27. The van der Waals surface area contributed by atoms with Crippen molar-refractivity contribution in [1.82, 2.24) is 0 Å². The Labute approximate surface area is 69.9 Å². The topological polar surface area (TPSA) is 29.4 Å². The first-order valence-corrected chi connectivity index (χ1v) is 4.45. The van der Waals surface area contributed by atoms with Crippen LogP contribution in [-0.4, -0.2) is 17.5 Å². The number of aliphatic imine (C=N–C) groups is 1. The first kappa shape index (κ1) is 9.86. The van der Waals surface area contributed by atoms with Crippen molar-refractivity contribution in [2.45, 2.75) is 26.3 Å². The first-order valence-electron chi connectivity index (χ1n) is 3.33. The number of carbonyl (C=O) groups excluding carboxylic acids is 1. The molecule has 0 amide bonds. The predicted octanol–water partition coefficient (Wildman–Crippen LogP) is 2.13. The third kappa shape index (κ3) is 4.71. The van der Waals surface area contributed by atoms with Crippen molar-refractivity contribution in [3.63, 3.8) is 0 Å². The van der Waals surface area contributed by atoms with Crippen LogP contribution in [0.1, 0.15) is 20.3 Å². The normalized spacial score (nSPS) is 12.8. The zero-order chi connectivity index (χ0) is 7.98. The molecule has 2 nitrogen and oxygen atoms in total. The zero-order valence-electron chi connectivity index (χ0n) is 6.30. The van der Waals surface area contributed by atoms with Crippen molar-refractivity contribution < 1.29 is 4.79 Å². The fourth-order valence-electron chi connectivity index (χ4n) is 0.769. The Hall–Kier alpha value is -0.140. The fraction of sp³-hybridized carbons (Fsp3) is 0.857. The van der Waals surface area contributed by atoms with Crippen LogP contribution >= 0.6 is 15.9 Å². The molecule has 0 bridgehead atoms. The van der Waals surface area contributed by atoms with Crippen molar-refractivity contribution in [1.29, 1.82) is 0 Å². The largest absolute Gasteiger partial charge is 0.235 e. The van der Waals surface area contributed by atoms with Gasteiger partial charge in [0, 0.05) is 5.33 Å². The third-order valence-electron chi connectivity index (χ3n) is 1.16. The molecule has 1 atom stereocenters. The minimum Gasteiger partial charge on any atom is -0.211 e. The van der Waals surface area contributed by atoms with Crippen LogP contribution in [0, 0.1) is 5.92 Å². The lowest BCUT2D eigenvalue weighted by molar-refractivity contribution is 0.516. The third-order valence-corrected chi connectivity index (χ3v) is 1.90. The summed E-state index contributed by atoms with van der Waals surface area (Å²) in [4.78, 5) is 13.5. The number of halogens is 1. The minimum absolute atomic E-state index is 0.109. The van der Waals surface area contributed by atoms with Gasteiger partial charge in [-0.1, -0.05) is 29.8 Å². The molecular weight excluding hydrogens is 194 g/mol. The van der Waals surface area contributed by atoms with Gasteiger partial charge in [-0.2, -0.15) is 0 Å². The summed E-state index contributed by atoms with van der Waals surface area (Å²) in [6.07, 6.45) is 2.51. The Kier molecular flexibility index (Phi) is 5.55. The zero-order valence-corrected chi connectivity index (χ0v) is 7.89. The molecule has 0 radical (unpaired) electrons. The molecule has 0 rings (SSSR count). The highest BCUT2D eigenvalue weighted by atomic mass is 79.9.